The molecule has 1 amide bonds. The van der Waals surface area contributed by atoms with Crippen LogP contribution in [0.3, 0.4) is 0 Å². The fourth-order valence-corrected chi connectivity index (χ4v) is 3.11. The molecule has 2 aromatic carbocycles. The smallest absolute Gasteiger partial charge is 0.227 e. The Bertz CT molecular complexity index is 843. The Morgan fingerprint density at radius 1 is 1.21 bits per heavy atom. The summed E-state index contributed by atoms with van der Waals surface area (Å²) < 4.78 is 44.8. The molecule has 1 unspecified atom stereocenters. The van der Waals surface area contributed by atoms with Crippen LogP contribution >= 0.6 is 0 Å². The molecule has 1 saturated heterocycles. The Morgan fingerprint density at radius 2 is 1.96 bits per heavy atom. The molecular formula is C21H23F2NO4. The second-order valence-electron chi connectivity index (χ2n) is 6.63. The van der Waals surface area contributed by atoms with Gasteiger partial charge in [0.15, 0.2) is 11.5 Å². The molecule has 7 heteroatoms. The van der Waals surface area contributed by atoms with Gasteiger partial charge in [0.2, 0.25) is 5.91 Å². The summed E-state index contributed by atoms with van der Waals surface area (Å²) in [6.45, 7) is 2.78. The average Bonchev–Trinajstić information content (AvgIpc) is 2.72. The number of nitrogens with zero attached hydrogens (tertiary/aromatic N) is 1. The summed E-state index contributed by atoms with van der Waals surface area (Å²) in [6, 6.07) is 9.79. The van der Waals surface area contributed by atoms with Crippen molar-refractivity contribution in [1.29, 1.82) is 0 Å². The average molecular weight is 391 g/mol. The van der Waals surface area contributed by atoms with Crippen LogP contribution in [0.5, 0.6) is 11.5 Å². The molecular weight excluding hydrogens is 368 g/mol. The molecule has 0 saturated carbocycles. The zero-order valence-corrected chi connectivity index (χ0v) is 15.9. The Morgan fingerprint density at radius 3 is 2.71 bits per heavy atom. The van der Waals surface area contributed by atoms with Crippen LogP contribution in [0.15, 0.2) is 36.4 Å². The molecule has 2 aromatic rings. The van der Waals surface area contributed by atoms with Crippen molar-refractivity contribution in [2.45, 2.75) is 19.4 Å². The third-order valence-corrected chi connectivity index (χ3v) is 4.69. The van der Waals surface area contributed by atoms with Crippen molar-refractivity contribution in [3.8, 4) is 11.5 Å². The number of morpholine rings is 1. The van der Waals surface area contributed by atoms with Gasteiger partial charge < -0.3 is 19.1 Å². The maximum absolute atomic E-state index is 14.2. The number of halogens is 2. The van der Waals surface area contributed by atoms with Crippen molar-refractivity contribution < 1.29 is 27.8 Å². The fraction of sp³-hybridized carbons (Fsp3) is 0.381. The first-order chi connectivity index (χ1) is 13.5. The molecule has 1 heterocycles. The highest BCUT2D eigenvalue weighted by Gasteiger charge is 2.26. The summed E-state index contributed by atoms with van der Waals surface area (Å²) >= 11 is 0. The van der Waals surface area contributed by atoms with Crippen LogP contribution < -0.4 is 9.47 Å². The summed E-state index contributed by atoms with van der Waals surface area (Å²) in [5.74, 6) is -0.523. The van der Waals surface area contributed by atoms with Crippen molar-refractivity contribution in [3.05, 3.63) is 59.2 Å². The van der Waals surface area contributed by atoms with E-state index in [2.05, 4.69) is 0 Å². The highest BCUT2D eigenvalue weighted by Crippen LogP contribution is 2.26. The van der Waals surface area contributed by atoms with Crippen molar-refractivity contribution >= 4 is 5.91 Å². The van der Waals surface area contributed by atoms with Gasteiger partial charge in [0.05, 0.1) is 26.7 Å². The van der Waals surface area contributed by atoms with Gasteiger partial charge in [0.1, 0.15) is 24.3 Å². The number of amides is 1. The van der Waals surface area contributed by atoms with E-state index < -0.39 is 11.6 Å². The second-order valence-corrected chi connectivity index (χ2v) is 6.63. The van der Waals surface area contributed by atoms with E-state index in [9.17, 15) is 13.6 Å². The van der Waals surface area contributed by atoms with E-state index in [1.54, 1.807) is 31.1 Å². The van der Waals surface area contributed by atoms with E-state index in [0.29, 0.717) is 36.8 Å². The third kappa shape index (κ3) is 4.59. The van der Waals surface area contributed by atoms with Crippen LogP contribution in [0.2, 0.25) is 0 Å². The van der Waals surface area contributed by atoms with Crippen molar-refractivity contribution in [2.24, 2.45) is 0 Å². The first-order valence-electron chi connectivity index (χ1n) is 9.08. The maximum atomic E-state index is 14.2. The van der Waals surface area contributed by atoms with E-state index in [1.165, 1.54) is 12.1 Å². The zero-order valence-electron chi connectivity index (χ0n) is 15.9. The first kappa shape index (κ1) is 20.1. The van der Waals surface area contributed by atoms with E-state index in [0.717, 1.165) is 0 Å². The molecule has 0 aromatic heterocycles. The third-order valence-electron chi connectivity index (χ3n) is 4.69. The highest BCUT2D eigenvalue weighted by molar-refractivity contribution is 5.79. The summed E-state index contributed by atoms with van der Waals surface area (Å²) in [6.07, 6.45) is -0.658. The minimum atomic E-state index is -0.708. The maximum Gasteiger partial charge on any atom is 0.227 e. The van der Waals surface area contributed by atoms with Gasteiger partial charge in [-0.1, -0.05) is 18.2 Å². The van der Waals surface area contributed by atoms with Crippen molar-refractivity contribution in [3.63, 3.8) is 0 Å². The second kappa shape index (κ2) is 9.01. The summed E-state index contributed by atoms with van der Waals surface area (Å²) in [5.41, 5.74) is 0.118. The number of aryl methyl sites for hydroxylation is 1. The summed E-state index contributed by atoms with van der Waals surface area (Å²) in [7, 11) is 1.56. The minimum Gasteiger partial charge on any atom is -0.493 e. The number of methoxy groups -OCH3 is 1. The van der Waals surface area contributed by atoms with E-state index in [4.69, 9.17) is 14.2 Å². The largest absolute Gasteiger partial charge is 0.493 e. The highest BCUT2D eigenvalue weighted by atomic mass is 19.1. The molecule has 150 valence electrons. The zero-order chi connectivity index (χ0) is 20.1. The first-order valence-corrected chi connectivity index (χ1v) is 9.08. The SMILES string of the molecule is COc1ccccc1OCC1CN(C(=O)Cc2c(F)ccc(C)c2F)CCO1. The van der Waals surface area contributed by atoms with Crippen molar-refractivity contribution in [2.75, 3.05) is 33.4 Å². The number of carbonyl (C=O) groups is 1. The standard InChI is InChI=1S/C21H23F2NO4/c1-14-7-8-17(22)16(21(14)23)11-20(25)24-9-10-27-15(12-24)13-28-19-6-4-3-5-18(19)26-2/h3-8,15H,9-13H2,1-2H3. The van der Waals surface area contributed by atoms with Crippen LogP contribution in [0.1, 0.15) is 11.1 Å². The van der Waals surface area contributed by atoms with Crippen LogP contribution in [-0.2, 0) is 16.0 Å². The van der Waals surface area contributed by atoms with Gasteiger partial charge in [0.25, 0.3) is 0 Å². The van der Waals surface area contributed by atoms with Gasteiger partial charge in [-0.15, -0.1) is 0 Å². The summed E-state index contributed by atoms with van der Waals surface area (Å²) in [5, 5.41) is 0. The molecule has 3 rings (SSSR count). The molecule has 0 bridgehead atoms. The van der Waals surface area contributed by atoms with Crippen LogP contribution in [0.25, 0.3) is 0 Å². The monoisotopic (exact) mass is 391 g/mol. The van der Waals surface area contributed by atoms with E-state index in [-0.39, 0.29) is 30.6 Å². The van der Waals surface area contributed by atoms with E-state index >= 15 is 0 Å². The molecule has 1 atom stereocenters. The Labute approximate surface area is 162 Å². The molecule has 5 nitrogen and oxygen atoms in total. The van der Waals surface area contributed by atoms with Gasteiger partial charge in [-0.25, -0.2) is 8.78 Å². The number of benzene rings is 2. The molecule has 0 spiro atoms. The van der Waals surface area contributed by atoms with E-state index in [1.807, 2.05) is 12.1 Å². The fourth-order valence-electron chi connectivity index (χ4n) is 3.11. The molecule has 1 fully saturated rings. The molecule has 0 aliphatic carbocycles. The number of carbonyl (C=O) groups excluding carboxylic acids is 1. The summed E-state index contributed by atoms with van der Waals surface area (Å²) in [4.78, 5) is 14.1. The van der Waals surface area contributed by atoms with Gasteiger partial charge in [-0.05, 0) is 30.7 Å². The van der Waals surface area contributed by atoms with Gasteiger partial charge >= 0.3 is 0 Å². The Kier molecular flexibility index (Phi) is 6.46. The number of rotatable bonds is 6. The lowest BCUT2D eigenvalue weighted by Gasteiger charge is -2.33. The van der Waals surface area contributed by atoms with Crippen LogP contribution in [0.4, 0.5) is 8.78 Å². The number of para-hydroxylation sites is 2. The lowest BCUT2D eigenvalue weighted by Crippen LogP contribution is -2.48. The van der Waals surface area contributed by atoms with Crippen molar-refractivity contribution in [1.82, 2.24) is 4.90 Å². The molecule has 0 radical (unpaired) electrons. The minimum absolute atomic E-state index is 0.196. The topological polar surface area (TPSA) is 48.0 Å². The normalized spacial score (nSPS) is 16.7. The van der Waals surface area contributed by atoms with Gasteiger partial charge in [0, 0.05) is 12.1 Å². The van der Waals surface area contributed by atoms with Crippen LogP contribution in [0, 0.1) is 18.6 Å². The molecule has 1 aliphatic heterocycles. The Hall–Kier alpha value is -2.67. The quantitative estimate of drug-likeness (QED) is 0.759. The van der Waals surface area contributed by atoms with Gasteiger partial charge in [-0.3, -0.25) is 4.79 Å². The molecule has 1 aliphatic rings. The lowest BCUT2D eigenvalue weighted by atomic mass is 10.1. The number of ether oxygens (including phenoxy) is 3. The van der Waals surface area contributed by atoms with Crippen LogP contribution in [-0.4, -0.2) is 50.3 Å². The molecule has 0 N–H and O–H groups in total. The number of hydrogen-bond donors (Lipinski definition) is 0. The predicted octanol–water partition coefficient (Wildman–Crippen LogP) is 3.13. The lowest BCUT2D eigenvalue weighted by molar-refractivity contribution is -0.139. The van der Waals surface area contributed by atoms with Gasteiger partial charge in [-0.2, -0.15) is 0 Å². The Balaban J connectivity index is 1.60. The number of hydrogen-bond acceptors (Lipinski definition) is 4. The predicted molar refractivity (Wildman–Crippen MR) is 99.6 cm³/mol. The molecule has 28 heavy (non-hydrogen) atoms.